The molecule has 0 radical (unpaired) electrons. The molecule has 1 heterocycles. The molecule has 22 heavy (non-hydrogen) atoms. The predicted molar refractivity (Wildman–Crippen MR) is 83.2 cm³/mol. The van der Waals surface area contributed by atoms with Gasteiger partial charge in [-0.2, -0.15) is 0 Å². The van der Waals surface area contributed by atoms with Crippen molar-refractivity contribution in [1.82, 2.24) is 4.90 Å². The summed E-state index contributed by atoms with van der Waals surface area (Å²) >= 11 is 0. The summed E-state index contributed by atoms with van der Waals surface area (Å²) in [6.45, 7) is 6.08. The SMILES string of the molecule is COc1ccc([C@@H]2CCN(C(=O)OC(C)(C)C)CC2=O)cc1. The van der Waals surface area contributed by atoms with Gasteiger partial charge in [0.15, 0.2) is 5.78 Å². The number of likely N-dealkylation sites (tertiary alicyclic amines) is 1. The molecule has 120 valence electrons. The first-order valence-corrected chi connectivity index (χ1v) is 7.45. The molecule has 0 aliphatic carbocycles. The highest BCUT2D eigenvalue weighted by molar-refractivity contribution is 5.90. The molecule has 1 aromatic carbocycles. The van der Waals surface area contributed by atoms with Gasteiger partial charge in [0.05, 0.1) is 13.7 Å². The quantitative estimate of drug-likeness (QED) is 0.843. The molecule has 5 nitrogen and oxygen atoms in total. The number of carbonyl (C=O) groups is 2. The van der Waals surface area contributed by atoms with Crippen molar-refractivity contribution in [3.05, 3.63) is 29.8 Å². The van der Waals surface area contributed by atoms with Gasteiger partial charge in [-0.3, -0.25) is 4.79 Å². The molecule has 0 bridgehead atoms. The van der Waals surface area contributed by atoms with Gasteiger partial charge < -0.3 is 14.4 Å². The fraction of sp³-hybridized carbons (Fsp3) is 0.529. The minimum absolute atomic E-state index is 0.0438. The topological polar surface area (TPSA) is 55.8 Å². The van der Waals surface area contributed by atoms with Crippen LogP contribution in [0.1, 0.15) is 38.7 Å². The van der Waals surface area contributed by atoms with Crippen LogP contribution in [-0.4, -0.2) is 42.6 Å². The summed E-state index contributed by atoms with van der Waals surface area (Å²) < 4.78 is 10.4. The number of piperidine rings is 1. The van der Waals surface area contributed by atoms with Crippen molar-refractivity contribution in [2.75, 3.05) is 20.2 Å². The van der Waals surface area contributed by atoms with Crippen molar-refractivity contribution in [2.45, 2.75) is 38.7 Å². The lowest BCUT2D eigenvalue weighted by atomic mass is 9.88. The first-order chi connectivity index (χ1) is 10.3. The standard InChI is InChI=1S/C17H23NO4/c1-17(2,3)22-16(20)18-10-9-14(15(19)11-18)12-5-7-13(21-4)8-6-12/h5-8,14H,9-11H2,1-4H3/t14-/m0/s1. The van der Waals surface area contributed by atoms with Crippen molar-refractivity contribution in [3.63, 3.8) is 0 Å². The molecule has 1 saturated heterocycles. The molecule has 1 fully saturated rings. The van der Waals surface area contributed by atoms with Crippen molar-refractivity contribution >= 4 is 11.9 Å². The molecule has 0 unspecified atom stereocenters. The van der Waals surface area contributed by atoms with Crippen LogP contribution in [0.2, 0.25) is 0 Å². The second-order valence-electron chi connectivity index (χ2n) is 6.48. The summed E-state index contributed by atoms with van der Waals surface area (Å²) in [6, 6.07) is 7.51. The van der Waals surface area contributed by atoms with Gasteiger partial charge in [0.25, 0.3) is 0 Å². The van der Waals surface area contributed by atoms with E-state index in [0.29, 0.717) is 13.0 Å². The van der Waals surface area contributed by atoms with Crippen LogP contribution in [0.15, 0.2) is 24.3 Å². The van der Waals surface area contributed by atoms with E-state index in [1.165, 1.54) is 4.90 Å². The number of benzene rings is 1. The van der Waals surface area contributed by atoms with Crippen LogP contribution in [0, 0.1) is 0 Å². The van der Waals surface area contributed by atoms with Crippen LogP contribution in [-0.2, 0) is 9.53 Å². The second-order valence-corrected chi connectivity index (χ2v) is 6.48. The Morgan fingerprint density at radius 2 is 1.86 bits per heavy atom. The molecule has 5 heteroatoms. The van der Waals surface area contributed by atoms with E-state index in [9.17, 15) is 9.59 Å². The van der Waals surface area contributed by atoms with Gasteiger partial charge in [0, 0.05) is 12.5 Å². The van der Waals surface area contributed by atoms with E-state index in [0.717, 1.165) is 11.3 Å². The first-order valence-electron chi connectivity index (χ1n) is 7.45. The second kappa shape index (κ2) is 6.38. The number of ether oxygens (including phenoxy) is 2. The Bertz CT molecular complexity index is 545. The van der Waals surface area contributed by atoms with Crippen LogP contribution in [0.5, 0.6) is 5.75 Å². The van der Waals surface area contributed by atoms with E-state index in [1.807, 2.05) is 45.0 Å². The number of hydrogen-bond donors (Lipinski definition) is 0. The van der Waals surface area contributed by atoms with E-state index in [1.54, 1.807) is 7.11 Å². The van der Waals surface area contributed by atoms with E-state index in [-0.39, 0.29) is 18.2 Å². The fourth-order valence-corrected chi connectivity index (χ4v) is 2.49. The third-order valence-corrected chi connectivity index (χ3v) is 3.59. The Balaban J connectivity index is 2.00. The largest absolute Gasteiger partial charge is 0.497 e. The monoisotopic (exact) mass is 305 g/mol. The number of carbonyl (C=O) groups excluding carboxylic acids is 2. The number of nitrogens with zero attached hydrogens (tertiary/aromatic N) is 1. The van der Waals surface area contributed by atoms with Crippen LogP contribution >= 0.6 is 0 Å². The van der Waals surface area contributed by atoms with Crippen molar-refractivity contribution < 1.29 is 19.1 Å². The number of rotatable bonds is 2. The van der Waals surface area contributed by atoms with E-state index < -0.39 is 11.7 Å². The van der Waals surface area contributed by atoms with Gasteiger partial charge in [0.1, 0.15) is 11.4 Å². The molecule has 1 atom stereocenters. The molecule has 0 N–H and O–H groups in total. The average molecular weight is 305 g/mol. The number of hydrogen-bond acceptors (Lipinski definition) is 4. The Morgan fingerprint density at radius 3 is 2.36 bits per heavy atom. The zero-order valence-electron chi connectivity index (χ0n) is 13.6. The van der Waals surface area contributed by atoms with E-state index in [2.05, 4.69) is 0 Å². The first kappa shape index (κ1) is 16.3. The number of ketones is 1. The lowest BCUT2D eigenvalue weighted by Gasteiger charge is -2.32. The smallest absolute Gasteiger partial charge is 0.410 e. The molecular weight excluding hydrogens is 282 g/mol. The normalized spacial score (nSPS) is 19.0. The van der Waals surface area contributed by atoms with Crippen LogP contribution in [0.25, 0.3) is 0 Å². The minimum atomic E-state index is -0.549. The summed E-state index contributed by atoms with van der Waals surface area (Å²) in [7, 11) is 1.61. The summed E-state index contributed by atoms with van der Waals surface area (Å²) in [6.07, 6.45) is 0.193. The van der Waals surface area contributed by atoms with Gasteiger partial charge in [-0.1, -0.05) is 12.1 Å². The van der Waals surface area contributed by atoms with Gasteiger partial charge in [0.2, 0.25) is 0 Å². The summed E-state index contributed by atoms with van der Waals surface area (Å²) in [5.41, 5.74) is 0.419. The molecule has 0 aromatic heterocycles. The van der Waals surface area contributed by atoms with Crippen molar-refractivity contribution in [2.24, 2.45) is 0 Å². The van der Waals surface area contributed by atoms with Crippen LogP contribution in [0.4, 0.5) is 4.79 Å². The maximum Gasteiger partial charge on any atom is 0.410 e. The average Bonchev–Trinajstić information content (AvgIpc) is 2.45. The summed E-state index contributed by atoms with van der Waals surface area (Å²) in [5, 5.41) is 0. The van der Waals surface area contributed by atoms with Crippen LogP contribution < -0.4 is 4.74 Å². The Kier molecular flexibility index (Phi) is 4.74. The highest BCUT2D eigenvalue weighted by Crippen LogP contribution is 2.27. The van der Waals surface area contributed by atoms with Gasteiger partial charge in [-0.05, 0) is 44.9 Å². The summed E-state index contributed by atoms with van der Waals surface area (Å²) in [5.74, 6) is 0.647. The summed E-state index contributed by atoms with van der Waals surface area (Å²) in [4.78, 5) is 25.8. The molecule has 0 saturated carbocycles. The highest BCUT2D eigenvalue weighted by Gasteiger charge is 2.32. The molecule has 1 aliphatic heterocycles. The predicted octanol–water partition coefficient (Wildman–Crippen LogP) is 2.99. The highest BCUT2D eigenvalue weighted by atomic mass is 16.6. The van der Waals surface area contributed by atoms with E-state index >= 15 is 0 Å². The van der Waals surface area contributed by atoms with Crippen molar-refractivity contribution in [1.29, 1.82) is 0 Å². The lowest BCUT2D eigenvalue weighted by molar-refractivity contribution is -0.123. The molecule has 1 aromatic rings. The molecule has 1 amide bonds. The van der Waals surface area contributed by atoms with Gasteiger partial charge >= 0.3 is 6.09 Å². The fourth-order valence-electron chi connectivity index (χ4n) is 2.49. The Hall–Kier alpha value is -2.04. The lowest BCUT2D eigenvalue weighted by Crippen LogP contribution is -2.45. The van der Waals surface area contributed by atoms with Crippen molar-refractivity contribution in [3.8, 4) is 5.75 Å². The third-order valence-electron chi connectivity index (χ3n) is 3.59. The van der Waals surface area contributed by atoms with Crippen LogP contribution in [0.3, 0.4) is 0 Å². The molecule has 2 rings (SSSR count). The molecule has 0 spiro atoms. The number of amides is 1. The molecule has 1 aliphatic rings. The maximum absolute atomic E-state index is 12.3. The van der Waals surface area contributed by atoms with Gasteiger partial charge in [-0.15, -0.1) is 0 Å². The Labute approximate surface area is 131 Å². The third kappa shape index (κ3) is 4.00. The zero-order valence-corrected chi connectivity index (χ0v) is 13.6. The number of methoxy groups -OCH3 is 1. The number of Topliss-reactive ketones (excluding diaryl/α,β-unsaturated/α-hetero) is 1. The van der Waals surface area contributed by atoms with Gasteiger partial charge in [-0.25, -0.2) is 4.79 Å². The molecular formula is C17H23NO4. The van der Waals surface area contributed by atoms with E-state index in [4.69, 9.17) is 9.47 Å². The minimum Gasteiger partial charge on any atom is -0.497 e. The Morgan fingerprint density at radius 1 is 1.23 bits per heavy atom. The zero-order chi connectivity index (χ0) is 16.3. The maximum atomic E-state index is 12.3.